The van der Waals surface area contributed by atoms with Crippen LogP contribution in [0.2, 0.25) is 0 Å². The van der Waals surface area contributed by atoms with Crippen molar-refractivity contribution < 1.29 is 14.3 Å². The Bertz CT molecular complexity index is 1020. The van der Waals surface area contributed by atoms with Crippen molar-refractivity contribution in [1.82, 2.24) is 14.7 Å². The van der Waals surface area contributed by atoms with Gasteiger partial charge in [0.1, 0.15) is 5.75 Å². The van der Waals surface area contributed by atoms with Gasteiger partial charge in [-0.15, -0.1) is 0 Å². The average molecular weight is 544 g/mol. The molecule has 1 saturated heterocycles. The maximum Gasteiger partial charge on any atom is 0.321 e. The number of rotatable bonds is 9. The van der Waals surface area contributed by atoms with Crippen molar-refractivity contribution in [3.8, 4) is 5.75 Å². The third kappa shape index (κ3) is 7.83. The summed E-state index contributed by atoms with van der Waals surface area (Å²) in [6, 6.07) is 15.3. The number of halogens is 1. The molecule has 3 amide bonds. The van der Waals surface area contributed by atoms with Gasteiger partial charge >= 0.3 is 6.03 Å². The van der Waals surface area contributed by atoms with Crippen LogP contribution < -0.4 is 10.1 Å². The third-order valence-corrected chi connectivity index (χ3v) is 6.72. The molecule has 0 saturated carbocycles. The fourth-order valence-electron chi connectivity index (χ4n) is 3.96. The number of ether oxygens (including phenoxy) is 1. The number of piperazine rings is 1. The third-order valence-electron chi connectivity index (χ3n) is 6.03. The Morgan fingerprint density at radius 1 is 1.09 bits per heavy atom. The molecule has 1 N–H and O–H groups in total. The lowest BCUT2D eigenvalue weighted by atomic mass is 10.1. The highest BCUT2D eigenvalue weighted by Crippen LogP contribution is 2.22. The monoisotopic (exact) mass is 542 g/mol. The molecule has 1 aliphatic rings. The summed E-state index contributed by atoms with van der Waals surface area (Å²) in [6.07, 6.45) is 4.02. The highest BCUT2D eigenvalue weighted by molar-refractivity contribution is 9.10. The predicted octanol–water partition coefficient (Wildman–Crippen LogP) is 4.81. The Balaban J connectivity index is 1.50. The van der Waals surface area contributed by atoms with E-state index in [9.17, 15) is 9.59 Å². The van der Waals surface area contributed by atoms with Crippen molar-refractivity contribution in [1.29, 1.82) is 0 Å². The van der Waals surface area contributed by atoms with Crippen LogP contribution in [-0.2, 0) is 4.79 Å². The fraction of sp³-hybridized carbons (Fsp3) is 0.407. The largest absolute Gasteiger partial charge is 0.496 e. The van der Waals surface area contributed by atoms with E-state index in [0.29, 0.717) is 26.2 Å². The first-order valence-corrected chi connectivity index (χ1v) is 12.8. The van der Waals surface area contributed by atoms with Crippen molar-refractivity contribution in [2.45, 2.75) is 13.8 Å². The molecule has 2 aromatic carbocycles. The molecule has 3 rings (SSSR count). The van der Waals surface area contributed by atoms with Crippen molar-refractivity contribution in [3.63, 3.8) is 0 Å². The molecule has 7 nitrogen and oxygen atoms in total. The van der Waals surface area contributed by atoms with E-state index in [-0.39, 0.29) is 17.9 Å². The van der Waals surface area contributed by atoms with Crippen LogP contribution in [0.4, 0.5) is 10.5 Å². The maximum atomic E-state index is 12.8. The summed E-state index contributed by atoms with van der Waals surface area (Å²) >= 11 is 3.47. The SMILES string of the molecule is COc1ccccc1/C=C/CN(CCN1CCN(C(=O)Nc2ccccc2Br)CC1)C(=O)C(C)C. The van der Waals surface area contributed by atoms with Gasteiger partial charge in [-0.2, -0.15) is 0 Å². The van der Waals surface area contributed by atoms with Gasteiger partial charge in [-0.1, -0.05) is 56.3 Å². The molecule has 2 aromatic rings. The molecule has 0 spiro atoms. The quantitative estimate of drug-likeness (QED) is 0.494. The van der Waals surface area contributed by atoms with Gasteiger partial charge in [-0.3, -0.25) is 9.69 Å². The fourth-order valence-corrected chi connectivity index (χ4v) is 4.35. The molecule has 0 aromatic heterocycles. The minimum absolute atomic E-state index is 0.0625. The van der Waals surface area contributed by atoms with E-state index >= 15 is 0 Å². The predicted molar refractivity (Wildman–Crippen MR) is 145 cm³/mol. The molecular formula is C27H35BrN4O3. The number of nitrogens with one attached hydrogen (secondary N) is 1. The lowest BCUT2D eigenvalue weighted by Gasteiger charge is -2.36. The Labute approximate surface area is 216 Å². The number of hydrogen-bond donors (Lipinski definition) is 1. The van der Waals surface area contributed by atoms with Crippen LogP contribution in [0.1, 0.15) is 19.4 Å². The zero-order chi connectivity index (χ0) is 25.2. The summed E-state index contributed by atoms with van der Waals surface area (Å²) in [7, 11) is 1.66. The van der Waals surface area contributed by atoms with E-state index in [1.54, 1.807) is 7.11 Å². The number of hydrogen-bond acceptors (Lipinski definition) is 4. The van der Waals surface area contributed by atoms with Gasteiger partial charge in [-0.25, -0.2) is 4.79 Å². The van der Waals surface area contributed by atoms with Gasteiger partial charge in [0, 0.05) is 61.8 Å². The molecular weight excluding hydrogens is 508 g/mol. The summed E-state index contributed by atoms with van der Waals surface area (Å²) in [5, 5.41) is 2.97. The van der Waals surface area contributed by atoms with Crippen LogP contribution in [0.25, 0.3) is 6.08 Å². The molecule has 0 radical (unpaired) electrons. The van der Waals surface area contributed by atoms with Gasteiger partial charge in [-0.05, 0) is 34.1 Å². The smallest absolute Gasteiger partial charge is 0.321 e. The van der Waals surface area contributed by atoms with Crippen molar-refractivity contribution in [2.75, 3.05) is 58.2 Å². The minimum Gasteiger partial charge on any atom is -0.496 e. The summed E-state index contributed by atoms with van der Waals surface area (Å²) < 4.78 is 6.27. The molecule has 1 heterocycles. The molecule has 1 fully saturated rings. The minimum atomic E-state index is -0.0883. The van der Waals surface area contributed by atoms with E-state index in [0.717, 1.165) is 41.1 Å². The van der Waals surface area contributed by atoms with E-state index in [1.807, 2.05) is 84.3 Å². The topological polar surface area (TPSA) is 65.1 Å². The molecule has 188 valence electrons. The van der Waals surface area contributed by atoms with E-state index < -0.39 is 0 Å². The summed E-state index contributed by atoms with van der Waals surface area (Å²) in [5.41, 5.74) is 1.76. The lowest BCUT2D eigenvalue weighted by Crippen LogP contribution is -2.51. The molecule has 0 unspecified atom stereocenters. The average Bonchev–Trinajstić information content (AvgIpc) is 2.87. The number of benzene rings is 2. The second-order valence-corrected chi connectivity index (χ2v) is 9.68. The van der Waals surface area contributed by atoms with Gasteiger partial charge in [0.05, 0.1) is 12.8 Å². The second kappa shape index (κ2) is 13.3. The van der Waals surface area contributed by atoms with Crippen LogP contribution in [-0.4, -0.2) is 79.6 Å². The van der Waals surface area contributed by atoms with Crippen molar-refractivity contribution in [3.05, 3.63) is 64.6 Å². The number of urea groups is 1. The van der Waals surface area contributed by atoms with Crippen LogP contribution in [0.3, 0.4) is 0 Å². The standard InChI is InChI=1S/C27H35BrN4O3/c1-21(2)26(33)31(14-8-10-22-9-4-7-13-25(22)35-3)18-15-30-16-19-32(20-17-30)27(34)29-24-12-6-5-11-23(24)28/h4-13,21H,14-20H2,1-3H3,(H,29,34)/b10-8+. The highest BCUT2D eigenvalue weighted by atomic mass is 79.9. The first-order chi connectivity index (χ1) is 16.9. The Morgan fingerprint density at radius 2 is 1.77 bits per heavy atom. The molecule has 0 bridgehead atoms. The highest BCUT2D eigenvalue weighted by Gasteiger charge is 2.23. The number of nitrogens with zero attached hydrogens (tertiary/aromatic N) is 3. The molecule has 0 atom stereocenters. The van der Waals surface area contributed by atoms with E-state index in [4.69, 9.17) is 4.74 Å². The Hall–Kier alpha value is -2.84. The molecule has 0 aliphatic carbocycles. The Kier molecular flexibility index (Phi) is 10.2. The number of anilines is 1. The summed E-state index contributed by atoms with van der Waals surface area (Å²) in [6.45, 7) is 8.71. The number of carbonyl (C=O) groups is 2. The number of methoxy groups -OCH3 is 1. The normalized spacial score (nSPS) is 14.4. The van der Waals surface area contributed by atoms with Gasteiger partial charge < -0.3 is 19.9 Å². The maximum absolute atomic E-state index is 12.8. The Morgan fingerprint density at radius 3 is 2.46 bits per heavy atom. The van der Waals surface area contributed by atoms with Crippen molar-refractivity contribution in [2.24, 2.45) is 5.92 Å². The molecule has 35 heavy (non-hydrogen) atoms. The van der Waals surface area contributed by atoms with Crippen LogP contribution in [0.5, 0.6) is 5.75 Å². The van der Waals surface area contributed by atoms with Crippen LogP contribution in [0.15, 0.2) is 59.1 Å². The number of para-hydroxylation sites is 2. The van der Waals surface area contributed by atoms with Gasteiger partial charge in [0.2, 0.25) is 5.91 Å². The molecule has 8 heteroatoms. The van der Waals surface area contributed by atoms with Crippen LogP contribution >= 0.6 is 15.9 Å². The van der Waals surface area contributed by atoms with Gasteiger partial charge in [0.15, 0.2) is 0 Å². The molecule has 1 aliphatic heterocycles. The summed E-state index contributed by atoms with van der Waals surface area (Å²) in [4.78, 5) is 31.5. The van der Waals surface area contributed by atoms with Gasteiger partial charge in [0.25, 0.3) is 0 Å². The lowest BCUT2D eigenvalue weighted by molar-refractivity contribution is -0.134. The first-order valence-electron chi connectivity index (χ1n) is 12.0. The second-order valence-electron chi connectivity index (χ2n) is 8.82. The number of carbonyl (C=O) groups excluding carboxylic acids is 2. The van der Waals surface area contributed by atoms with Crippen LogP contribution in [0, 0.1) is 5.92 Å². The van der Waals surface area contributed by atoms with E-state index in [2.05, 4.69) is 26.1 Å². The zero-order valence-electron chi connectivity index (χ0n) is 20.7. The first kappa shape index (κ1) is 26.8. The number of amides is 3. The van der Waals surface area contributed by atoms with E-state index in [1.165, 1.54) is 0 Å². The zero-order valence-corrected chi connectivity index (χ0v) is 22.3. The summed E-state index contributed by atoms with van der Waals surface area (Å²) in [5.74, 6) is 0.889. The van der Waals surface area contributed by atoms with Crippen molar-refractivity contribution >= 4 is 39.6 Å².